The van der Waals surface area contributed by atoms with Gasteiger partial charge < -0.3 is 4.90 Å². The average molecular weight is 467 g/mol. The first-order valence-electron chi connectivity index (χ1n) is 11.5. The molecule has 0 radical (unpaired) electrons. The van der Waals surface area contributed by atoms with Crippen molar-refractivity contribution in [3.63, 3.8) is 0 Å². The summed E-state index contributed by atoms with van der Waals surface area (Å²) in [5, 5.41) is 9.27. The molecule has 0 bridgehead atoms. The van der Waals surface area contributed by atoms with Crippen molar-refractivity contribution < 1.29 is 13.2 Å². The third kappa shape index (κ3) is 5.44. The number of hydrogen-bond acceptors (Lipinski definition) is 5. The standard InChI is InChI=1S/C25H30N4O3S/c1-2-20-7-9-21(10-8-20)18-28(23-11-12-23)19-25(30)27-13-15-29(16-14-27)33(31,32)24-6-4-3-5-22(24)17-26/h3-10,23H,2,11-16,18-19H2,1H3. The third-order valence-corrected chi connectivity index (χ3v) is 8.39. The summed E-state index contributed by atoms with van der Waals surface area (Å²) in [6.45, 7) is 4.42. The van der Waals surface area contributed by atoms with Crippen LogP contribution in [0.25, 0.3) is 0 Å². The quantitative estimate of drug-likeness (QED) is 0.597. The number of piperazine rings is 1. The van der Waals surface area contributed by atoms with Crippen LogP contribution in [0.5, 0.6) is 0 Å². The minimum Gasteiger partial charge on any atom is -0.339 e. The third-order valence-electron chi connectivity index (χ3n) is 6.44. The largest absolute Gasteiger partial charge is 0.339 e. The molecule has 1 amide bonds. The number of nitriles is 1. The molecule has 33 heavy (non-hydrogen) atoms. The van der Waals surface area contributed by atoms with Crippen molar-refractivity contribution in [1.82, 2.24) is 14.1 Å². The van der Waals surface area contributed by atoms with E-state index in [1.807, 2.05) is 6.07 Å². The lowest BCUT2D eigenvalue weighted by Gasteiger charge is -2.35. The summed E-state index contributed by atoms with van der Waals surface area (Å²) < 4.78 is 27.4. The molecule has 0 atom stereocenters. The molecule has 0 spiro atoms. The number of carbonyl (C=O) groups excluding carboxylic acids is 1. The van der Waals surface area contributed by atoms with E-state index in [2.05, 4.69) is 36.1 Å². The molecule has 1 saturated heterocycles. The Balaban J connectivity index is 1.36. The number of nitrogens with zero attached hydrogens (tertiary/aromatic N) is 4. The van der Waals surface area contributed by atoms with Gasteiger partial charge in [0.25, 0.3) is 0 Å². The lowest BCUT2D eigenvalue weighted by molar-refractivity contribution is -0.133. The highest BCUT2D eigenvalue weighted by Crippen LogP contribution is 2.28. The molecule has 2 aromatic rings. The van der Waals surface area contributed by atoms with Gasteiger partial charge in [-0.15, -0.1) is 0 Å². The van der Waals surface area contributed by atoms with E-state index >= 15 is 0 Å². The summed E-state index contributed by atoms with van der Waals surface area (Å²) in [7, 11) is -3.76. The van der Waals surface area contributed by atoms with Gasteiger partial charge in [0.1, 0.15) is 6.07 Å². The van der Waals surface area contributed by atoms with Gasteiger partial charge in [0.2, 0.25) is 15.9 Å². The van der Waals surface area contributed by atoms with E-state index in [0.717, 1.165) is 25.8 Å². The summed E-state index contributed by atoms with van der Waals surface area (Å²) in [4.78, 5) is 17.1. The first kappa shape index (κ1) is 23.4. The second-order valence-electron chi connectivity index (χ2n) is 8.70. The van der Waals surface area contributed by atoms with Gasteiger partial charge in [-0.1, -0.05) is 43.3 Å². The highest BCUT2D eigenvalue weighted by molar-refractivity contribution is 7.89. The zero-order valence-corrected chi connectivity index (χ0v) is 19.8. The smallest absolute Gasteiger partial charge is 0.244 e. The van der Waals surface area contributed by atoms with Gasteiger partial charge in [0.15, 0.2) is 0 Å². The van der Waals surface area contributed by atoms with Crippen molar-refractivity contribution in [1.29, 1.82) is 5.26 Å². The van der Waals surface area contributed by atoms with E-state index < -0.39 is 10.0 Å². The summed E-state index contributed by atoms with van der Waals surface area (Å²) in [6.07, 6.45) is 3.24. The second-order valence-corrected chi connectivity index (χ2v) is 10.6. The van der Waals surface area contributed by atoms with Crippen molar-refractivity contribution in [3.8, 4) is 6.07 Å². The van der Waals surface area contributed by atoms with Gasteiger partial charge in [-0.2, -0.15) is 9.57 Å². The number of amides is 1. The fourth-order valence-electron chi connectivity index (χ4n) is 4.24. The van der Waals surface area contributed by atoms with Crippen LogP contribution in [0.3, 0.4) is 0 Å². The number of sulfonamides is 1. The Kier molecular flexibility index (Phi) is 7.13. The predicted molar refractivity (Wildman–Crippen MR) is 126 cm³/mol. The molecule has 8 heteroatoms. The summed E-state index contributed by atoms with van der Waals surface area (Å²) >= 11 is 0. The fourth-order valence-corrected chi connectivity index (χ4v) is 5.81. The minimum atomic E-state index is -3.76. The number of benzene rings is 2. The number of carbonyl (C=O) groups is 1. The van der Waals surface area contributed by atoms with Crippen molar-refractivity contribution in [2.75, 3.05) is 32.7 Å². The van der Waals surface area contributed by atoms with Crippen molar-refractivity contribution in [2.24, 2.45) is 0 Å². The zero-order valence-electron chi connectivity index (χ0n) is 19.0. The molecule has 2 aliphatic rings. The fraction of sp³-hybridized carbons (Fsp3) is 0.440. The Morgan fingerprint density at radius 1 is 1.03 bits per heavy atom. The van der Waals surface area contributed by atoms with Crippen LogP contribution in [0.1, 0.15) is 36.5 Å². The Labute approximate surface area is 196 Å². The highest BCUT2D eigenvalue weighted by Gasteiger charge is 2.34. The Hall–Kier alpha value is -2.73. The van der Waals surface area contributed by atoms with E-state index in [1.54, 1.807) is 17.0 Å². The number of aryl methyl sites for hydroxylation is 1. The van der Waals surface area contributed by atoms with E-state index in [1.165, 1.54) is 27.6 Å². The van der Waals surface area contributed by atoms with Crippen LogP contribution in [0.4, 0.5) is 0 Å². The van der Waals surface area contributed by atoms with E-state index in [-0.39, 0.29) is 29.5 Å². The Morgan fingerprint density at radius 3 is 2.27 bits per heavy atom. The Bertz CT molecular complexity index is 1130. The van der Waals surface area contributed by atoms with Gasteiger partial charge >= 0.3 is 0 Å². The minimum absolute atomic E-state index is 0.0290. The molecule has 0 N–H and O–H groups in total. The highest BCUT2D eigenvalue weighted by atomic mass is 32.2. The molecule has 0 unspecified atom stereocenters. The molecule has 174 valence electrons. The normalized spacial score (nSPS) is 17.2. The van der Waals surface area contributed by atoms with Crippen LogP contribution in [-0.4, -0.2) is 67.2 Å². The number of rotatable bonds is 8. The molecule has 2 aromatic carbocycles. The van der Waals surface area contributed by atoms with Gasteiger partial charge in [-0.25, -0.2) is 8.42 Å². The molecule has 4 rings (SSSR count). The molecular weight excluding hydrogens is 436 g/mol. The average Bonchev–Trinajstić information content (AvgIpc) is 3.69. The Morgan fingerprint density at radius 2 is 1.67 bits per heavy atom. The maximum Gasteiger partial charge on any atom is 0.244 e. The van der Waals surface area contributed by atoms with Crippen LogP contribution in [-0.2, 0) is 27.8 Å². The van der Waals surface area contributed by atoms with E-state index in [4.69, 9.17) is 0 Å². The van der Waals surface area contributed by atoms with E-state index in [9.17, 15) is 18.5 Å². The number of hydrogen-bond donors (Lipinski definition) is 0. The van der Waals surface area contributed by atoms with Crippen molar-refractivity contribution in [3.05, 3.63) is 65.2 Å². The SMILES string of the molecule is CCc1ccc(CN(CC(=O)N2CCN(S(=O)(=O)c3ccccc3C#N)CC2)C2CC2)cc1. The molecule has 7 nitrogen and oxygen atoms in total. The summed E-state index contributed by atoms with van der Waals surface area (Å²) in [5.74, 6) is 0.0431. The molecule has 1 heterocycles. The first-order chi connectivity index (χ1) is 15.9. The topological polar surface area (TPSA) is 84.7 Å². The monoisotopic (exact) mass is 466 g/mol. The van der Waals surface area contributed by atoms with Gasteiger partial charge in [-0.3, -0.25) is 9.69 Å². The van der Waals surface area contributed by atoms with Crippen LogP contribution in [0.15, 0.2) is 53.4 Å². The molecular formula is C25H30N4O3S. The van der Waals surface area contributed by atoms with Gasteiger partial charge in [0.05, 0.1) is 17.0 Å². The predicted octanol–water partition coefficient (Wildman–Crippen LogP) is 2.62. The molecule has 0 aromatic heterocycles. The molecule has 1 aliphatic heterocycles. The molecule has 2 fully saturated rings. The van der Waals surface area contributed by atoms with Crippen molar-refractivity contribution >= 4 is 15.9 Å². The van der Waals surface area contributed by atoms with Crippen LogP contribution < -0.4 is 0 Å². The van der Waals surface area contributed by atoms with Gasteiger partial charge in [0, 0.05) is 38.8 Å². The maximum atomic E-state index is 13.0. The lowest BCUT2D eigenvalue weighted by Crippen LogP contribution is -2.52. The summed E-state index contributed by atoms with van der Waals surface area (Å²) in [6, 6.07) is 17.2. The second kappa shape index (κ2) is 10.0. The summed E-state index contributed by atoms with van der Waals surface area (Å²) in [5.41, 5.74) is 2.65. The van der Waals surface area contributed by atoms with E-state index in [0.29, 0.717) is 25.7 Å². The first-order valence-corrected chi connectivity index (χ1v) is 12.9. The van der Waals surface area contributed by atoms with Crippen LogP contribution >= 0.6 is 0 Å². The van der Waals surface area contributed by atoms with Gasteiger partial charge in [-0.05, 0) is 42.5 Å². The lowest BCUT2D eigenvalue weighted by atomic mass is 10.1. The molecule has 1 saturated carbocycles. The molecule has 1 aliphatic carbocycles. The van der Waals surface area contributed by atoms with Crippen molar-refractivity contribution in [2.45, 2.75) is 43.7 Å². The maximum absolute atomic E-state index is 13.0. The van der Waals surface area contributed by atoms with Crippen LogP contribution in [0.2, 0.25) is 0 Å². The zero-order chi connectivity index (χ0) is 23.4. The van der Waals surface area contributed by atoms with Crippen LogP contribution in [0, 0.1) is 11.3 Å².